The van der Waals surface area contributed by atoms with Crippen molar-refractivity contribution in [3.63, 3.8) is 0 Å². The third kappa shape index (κ3) is 3.97. The SMILES string of the molecule is COCc1c(Br)cccc1Cc1ccc(C(=O)O)cc1C(=O)O. The lowest BCUT2D eigenvalue weighted by Crippen LogP contribution is -2.08. The normalized spacial score (nSPS) is 10.5. The summed E-state index contributed by atoms with van der Waals surface area (Å²) in [6, 6.07) is 9.81. The summed E-state index contributed by atoms with van der Waals surface area (Å²) in [5, 5.41) is 18.4. The van der Waals surface area contributed by atoms with Crippen molar-refractivity contribution in [1.29, 1.82) is 0 Å². The number of rotatable bonds is 6. The molecule has 23 heavy (non-hydrogen) atoms. The van der Waals surface area contributed by atoms with E-state index >= 15 is 0 Å². The molecule has 6 heteroatoms. The van der Waals surface area contributed by atoms with Crippen LogP contribution in [0.1, 0.15) is 37.4 Å². The van der Waals surface area contributed by atoms with Crippen molar-refractivity contribution in [2.45, 2.75) is 13.0 Å². The highest BCUT2D eigenvalue weighted by Gasteiger charge is 2.16. The average Bonchev–Trinajstić information content (AvgIpc) is 2.50. The number of carboxylic acids is 2. The van der Waals surface area contributed by atoms with E-state index in [2.05, 4.69) is 15.9 Å². The standard InChI is InChI=1S/C17H15BrO5/c1-23-9-14-10(3-2-4-15(14)18)7-11-5-6-12(16(19)20)8-13(11)17(21)22/h2-6,8H,7,9H2,1H3,(H,19,20)(H,21,22). The summed E-state index contributed by atoms with van der Waals surface area (Å²) < 4.78 is 6.08. The molecule has 120 valence electrons. The molecule has 0 saturated heterocycles. The predicted octanol–water partition coefficient (Wildman–Crippen LogP) is 3.58. The molecule has 0 aliphatic heterocycles. The number of ether oxygens (including phenoxy) is 1. The number of carboxylic acid groups (broad SMARTS) is 2. The Hall–Kier alpha value is -2.18. The van der Waals surface area contributed by atoms with Crippen LogP contribution >= 0.6 is 15.9 Å². The van der Waals surface area contributed by atoms with Crippen molar-refractivity contribution in [1.82, 2.24) is 0 Å². The molecule has 0 heterocycles. The van der Waals surface area contributed by atoms with Crippen molar-refractivity contribution in [3.8, 4) is 0 Å². The number of benzene rings is 2. The molecule has 0 aromatic heterocycles. The van der Waals surface area contributed by atoms with Crippen LogP contribution in [0, 0.1) is 0 Å². The van der Waals surface area contributed by atoms with Gasteiger partial charge in [0, 0.05) is 11.6 Å². The van der Waals surface area contributed by atoms with E-state index in [1.165, 1.54) is 12.1 Å². The Labute approximate surface area is 141 Å². The van der Waals surface area contributed by atoms with Crippen LogP contribution in [0.3, 0.4) is 0 Å². The lowest BCUT2D eigenvalue weighted by Gasteiger charge is -2.13. The van der Waals surface area contributed by atoms with Crippen LogP contribution < -0.4 is 0 Å². The van der Waals surface area contributed by atoms with Gasteiger partial charge in [-0.05, 0) is 41.3 Å². The first kappa shape index (κ1) is 17.2. The van der Waals surface area contributed by atoms with Crippen molar-refractivity contribution in [2.24, 2.45) is 0 Å². The van der Waals surface area contributed by atoms with Crippen LogP contribution in [0.4, 0.5) is 0 Å². The van der Waals surface area contributed by atoms with Gasteiger partial charge in [0.2, 0.25) is 0 Å². The van der Waals surface area contributed by atoms with Crippen LogP contribution in [-0.4, -0.2) is 29.3 Å². The quantitative estimate of drug-likeness (QED) is 0.802. The molecule has 0 unspecified atom stereocenters. The van der Waals surface area contributed by atoms with Gasteiger partial charge in [-0.15, -0.1) is 0 Å². The smallest absolute Gasteiger partial charge is 0.336 e. The second kappa shape index (κ2) is 7.39. The zero-order valence-electron chi connectivity index (χ0n) is 12.4. The van der Waals surface area contributed by atoms with Crippen LogP contribution in [-0.2, 0) is 17.8 Å². The lowest BCUT2D eigenvalue weighted by atomic mass is 9.95. The Morgan fingerprint density at radius 2 is 1.83 bits per heavy atom. The van der Waals surface area contributed by atoms with Crippen molar-refractivity contribution in [2.75, 3.05) is 7.11 Å². The molecule has 0 fully saturated rings. The van der Waals surface area contributed by atoms with E-state index in [1.807, 2.05) is 18.2 Å². The molecular formula is C17H15BrO5. The van der Waals surface area contributed by atoms with Gasteiger partial charge in [0.1, 0.15) is 0 Å². The Balaban J connectivity index is 2.46. The maximum Gasteiger partial charge on any atom is 0.336 e. The monoisotopic (exact) mass is 378 g/mol. The van der Waals surface area contributed by atoms with E-state index in [9.17, 15) is 14.7 Å². The molecule has 2 rings (SSSR count). The largest absolute Gasteiger partial charge is 0.478 e. The summed E-state index contributed by atoms with van der Waals surface area (Å²) in [6.07, 6.45) is 0.375. The summed E-state index contributed by atoms with van der Waals surface area (Å²) >= 11 is 3.47. The average molecular weight is 379 g/mol. The van der Waals surface area contributed by atoms with Gasteiger partial charge in [0.25, 0.3) is 0 Å². The van der Waals surface area contributed by atoms with Crippen molar-refractivity contribution >= 4 is 27.9 Å². The third-order valence-electron chi connectivity index (χ3n) is 3.47. The minimum absolute atomic E-state index is 0.00626. The zero-order chi connectivity index (χ0) is 17.0. The maximum atomic E-state index is 11.4. The maximum absolute atomic E-state index is 11.4. The van der Waals surface area contributed by atoms with Gasteiger partial charge >= 0.3 is 11.9 Å². The topological polar surface area (TPSA) is 83.8 Å². The lowest BCUT2D eigenvalue weighted by molar-refractivity contribution is 0.0695. The molecule has 0 bridgehead atoms. The fraction of sp³-hybridized carbons (Fsp3) is 0.176. The Bertz CT molecular complexity index is 755. The highest BCUT2D eigenvalue weighted by Crippen LogP contribution is 2.25. The minimum atomic E-state index is -1.15. The molecule has 0 aliphatic carbocycles. The molecule has 2 aromatic carbocycles. The number of carbonyl (C=O) groups is 2. The predicted molar refractivity (Wildman–Crippen MR) is 88.0 cm³/mol. The number of halogens is 1. The second-order valence-electron chi connectivity index (χ2n) is 4.97. The number of hydrogen-bond acceptors (Lipinski definition) is 3. The van der Waals surface area contributed by atoms with Gasteiger partial charge in [-0.2, -0.15) is 0 Å². The van der Waals surface area contributed by atoms with Crippen molar-refractivity contribution < 1.29 is 24.5 Å². The van der Waals surface area contributed by atoms with Gasteiger partial charge < -0.3 is 14.9 Å². The first-order valence-corrected chi connectivity index (χ1v) is 7.58. The van der Waals surface area contributed by atoms with Gasteiger partial charge in [-0.1, -0.05) is 34.1 Å². The van der Waals surface area contributed by atoms with E-state index in [1.54, 1.807) is 13.2 Å². The molecule has 2 aromatic rings. The number of hydrogen-bond donors (Lipinski definition) is 2. The summed E-state index contributed by atoms with van der Waals surface area (Å²) in [6.45, 7) is 0.395. The van der Waals surface area contributed by atoms with E-state index < -0.39 is 11.9 Å². The minimum Gasteiger partial charge on any atom is -0.478 e. The van der Waals surface area contributed by atoms with Crippen LogP contribution in [0.2, 0.25) is 0 Å². The second-order valence-corrected chi connectivity index (χ2v) is 5.82. The molecule has 0 spiro atoms. The van der Waals surface area contributed by atoms with Crippen molar-refractivity contribution in [3.05, 3.63) is 68.7 Å². The van der Waals surface area contributed by atoms with Gasteiger partial charge in [-0.3, -0.25) is 0 Å². The van der Waals surface area contributed by atoms with Crippen LogP contribution in [0.25, 0.3) is 0 Å². The summed E-state index contributed by atoms with van der Waals surface area (Å²) in [4.78, 5) is 22.5. The van der Waals surface area contributed by atoms with E-state index in [4.69, 9.17) is 9.84 Å². The van der Waals surface area contributed by atoms with Crippen LogP contribution in [0.5, 0.6) is 0 Å². The molecule has 0 saturated carbocycles. The highest BCUT2D eigenvalue weighted by atomic mass is 79.9. The van der Waals surface area contributed by atoms with Gasteiger partial charge in [0.05, 0.1) is 17.7 Å². The van der Waals surface area contributed by atoms with E-state index in [0.717, 1.165) is 15.6 Å². The molecule has 5 nitrogen and oxygen atoms in total. The number of aromatic carboxylic acids is 2. The first-order chi connectivity index (χ1) is 10.9. The first-order valence-electron chi connectivity index (χ1n) is 6.78. The Kier molecular flexibility index (Phi) is 5.52. The number of methoxy groups -OCH3 is 1. The molecule has 0 atom stereocenters. The third-order valence-corrected chi connectivity index (χ3v) is 4.22. The summed E-state index contributed by atoms with van der Waals surface area (Å²) in [5.41, 5.74) is 2.36. The fourth-order valence-corrected chi connectivity index (χ4v) is 2.86. The fourth-order valence-electron chi connectivity index (χ4n) is 2.34. The zero-order valence-corrected chi connectivity index (χ0v) is 14.0. The molecule has 0 aliphatic rings. The van der Waals surface area contributed by atoms with Gasteiger partial charge in [0.15, 0.2) is 0 Å². The molecule has 2 N–H and O–H groups in total. The van der Waals surface area contributed by atoms with Gasteiger partial charge in [-0.25, -0.2) is 9.59 Å². The summed E-state index contributed by atoms with van der Waals surface area (Å²) in [5.74, 6) is -2.30. The summed E-state index contributed by atoms with van der Waals surface area (Å²) in [7, 11) is 1.59. The van der Waals surface area contributed by atoms with Crippen LogP contribution in [0.15, 0.2) is 40.9 Å². The van der Waals surface area contributed by atoms with E-state index in [-0.39, 0.29) is 11.1 Å². The molecular weight excluding hydrogens is 364 g/mol. The molecule has 0 amide bonds. The molecule has 0 radical (unpaired) electrons. The highest BCUT2D eigenvalue weighted by molar-refractivity contribution is 9.10. The Morgan fingerprint density at radius 3 is 2.43 bits per heavy atom. The Morgan fingerprint density at radius 1 is 1.09 bits per heavy atom. The van der Waals surface area contributed by atoms with E-state index in [0.29, 0.717) is 18.6 Å².